The number of aliphatic hydroxyl groups excluding tert-OH is 6. The van der Waals surface area contributed by atoms with E-state index in [1.165, 1.54) is 96.3 Å². The summed E-state index contributed by atoms with van der Waals surface area (Å²) < 4.78 is 11.1. The molecule has 8 unspecified atom stereocenters. The molecule has 8 atom stereocenters. The fourth-order valence-corrected chi connectivity index (χ4v) is 6.24. The fourth-order valence-electron chi connectivity index (χ4n) is 6.24. The van der Waals surface area contributed by atoms with Crippen molar-refractivity contribution in [2.24, 2.45) is 0 Å². The molecule has 0 radical (unpaired) electrons. The second-order valence-corrected chi connectivity index (χ2v) is 14.2. The van der Waals surface area contributed by atoms with Crippen LogP contribution in [-0.2, 0) is 14.3 Å². The van der Waals surface area contributed by atoms with Gasteiger partial charge >= 0.3 is 0 Å². The van der Waals surface area contributed by atoms with Crippen molar-refractivity contribution in [2.75, 3.05) is 13.2 Å². The molecule has 7 N–H and O–H groups in total. The van der Waals surface area contributed by atoms with Crippen molar-refractivity contribution in [1.82, 2.24) is 5.32 Å². The van der Waals surface area contributed by atoms with Crippen molar-refractivity contribution >= 4 is 5.91 Å². The Labute approximate surface area is 303 Å². The van der Waals surface area contributed by atoms with Gasteiger partial charge in [0, 0.05) is 0 Å². The second kappa shape index (κ2) is 31.2. The molecular weight excluding hydrogens is 638 g/mol. The number of hydrogen-bond donors (Lipinski definition) is 7. The number of allylic oxidation sites excluding steroid dienone is 3. The summed E-state index contributed by atoms with van der Waals surface area (Å²) in [6.45, 7) is 3.54. The molecule has 0 saturated carbocycles. The minimum absolute atomic E-state index is 0.306. The van der Waals surface area contributed by atoms with Crippen LogP contribution < -0.4 is 5.32 Å². The molecule has 0 spiro atoms. The number of rotatable bonds is 32. The Morgan fingerprint density at radius 2 is 1.18 bits per heavy atom. The summed E-state index contributed by atoms with van der Waals surface area (Å²) in [6, 6.07) is -0.990. The van der Waals surface area contributed by atoms with E-state index < -0.39 is 61.5 Å². The summed E-state index contributed by atoms with van der Waals surface area (Å²) in [7, 11) is 0. The number of nitrogens with one attached hydrogen (secondary N) is 1. The maximum absolute atomic E-state index is 12.9. The van der Waals surface area contributed by atoms with Crippen LogP contribution in [0.5, 0.6) is 0 Å². The zero-order chi connectivity index (χ0) is 36.8. The third kappa shape index (κ3) is 21.9. The summed E-state index contributed by atoms with van der Waals surface area (Å²) >= 11 is 0. The molecule has 0 aromatic heterocycles. The molecule has 0 aromatic carbocycles. The summed E-state index contributed by atoms with van der Waals surface area (Å²) in [6.07, 6.45) is 24.1. The highest BCUT2D eigenvalue weighted by Crippen LogP contribution is 2.22. The molecule has 1 saturated heterocycles. The maximum atomic E-state index is 12.9. The molecule has 0 aliphatic carbocycles. The van der Waals surface area contributed by atoms with E-state index in [0.29, 0.717) is 19.3 Å². The summed E-state index contributed by atoms with van der Waals surface area (Å²) in [5, 5.41) is 64.3. The molecule has 294 valence electrons. The Morgan fingerprint density at radius 1 is 0.680 bits per heavy atom. The molecule has 1 heterocycles. The van der Waals surface area contributed by atoms with E-state index in [4.69, 9.17) is 9.47 Å². The average molecular weight is 714 g/mol. The minimum Gasteiger partial charge on any atom is -0.394 e. The maximum Gasteiger partial charge on any atom is 0.249 e. The monoisotopic (exact) mass is 714 g/mol. The number of carbonyl (C=O) groups is 1. The van der Waals surface area contributed by atoms with E-state index in [1.807, 2.05) is 6.08 Å². The van der Waals surface area contributed by atoms with Gasteiger partial charge in [0.1, 0.15) is 30.5 Å². The van der Waals surface area contributed by atoms with Crippen LogP contribution in [0.2, 0.25) is 0 Å². The largest absolute Gasteiger partial charge is 0.394 e. The number of ether oxygens (including phenoxy) is 2. The van der Waals surface area contributed by atoms with Gasteiger partial charge in [0.2, 0.25) is 5.91 Å². The first-order chi connectivity index (χ1) is 24.3. The smallest absolute Gasteiger partial charge is 0.249 e. The van der Waals surface area contributed by atoms with Crippen LogP contribution in [0.3, 0.4) is 0 Å². The third-order valence-electron chi connectivity index (χ3n) is 9.64. The van der Waals surface area contributed by atoms with Crippen molar-refractivity contribution in [1.29, 1.82) is 0 Å². The normalized spacial score (nSPS) is 23.1. The summed E-state index contributed by atoms with van der Waals surface area (Å²) in [5.41, 5.74) is 0. The molecule has 1 fully saturated rings. The molecule has 1 aliphatic heterocycles. The molecule has 1 aliphatic rings. The van der Waals surface area contributed by atoms with Crippen LogP contribution in [0.25, 0.3) is 0 Å². The van der Waals surface area contributed by atoms with Gasteiger partial charge in [0.05, 0.1) is 25.4 Å². The van der Waals surface area contributed by atoms with E-state index in [9.17, 15) is 35.4 Å². The molecule has 0 aromatic rings. The Morgan fingerprint density at radius 3 is 1.74 bits per heavy atom. The van der Waals surface area contributed by atoms with Gasteiger partial charge in [-0.2, -0.15) is 0 Å². The Hall–Kier alpha value is -1.37. The van der Waals surface area contributed by atoms with Crippen LogP contribution in [-0.4, -0.2) is 98.7 Å². The van der Waals surface area contributed by atoms with Crippen molar-refractivity contribution < 1.29 is 44.9 Å². The molecule has 0 bridgehead atoms. The predicted octanol–water partition coefficient (Wildman–Crippen LogP) is 6.13. The van der Waals surface area contributed by atoms with E-state index in [2.05, 4.69) is 31.3 Å². The van der Waals surface area contributed by atoms with Crippen LogP contribution in [0, 0.1) is 0 Å². The van der Waals surface area contributed by atoms with Gasteiger partial charge < -0.3 is 45.4 Å². The number of unbranched alkanes of at least 4 members (excludes halogenated alkanes) is 19. The zero-order valence-corrected chi connectivity index (χ0v) is 31.5. The standard InChI is InChI=1S/C40H75NO9/c1-3-5-7-9-11-13-15-17-19-20-22-24-26-28-33(43)32(31-49-40-38(47)37(46)36(45)35(30-42)50-40)41-39(48)34(44)29-27-25-23-21-18-16-14-12-10-8-6-4-2/h19-20,26,28,32-38,40,42-47H,3-18,21-25,27,29-31H2,1-2H3,(H,41,48)/b20-19-,28-26-. The van der Waals surface area contributed by atoms with Crippen LogP contribution in [0.15, 0.2) is 24.3 Å². The Kier molecular flexibility index (Phi) is 29.1. The van der Waals surface area contributed by atoms with Crippen LogP contribution in [0.4, 0.5) is 0 Å². The van der Waals surface area contributed by atoms with Crippen LogP contribution >= 0.6 is 0 Å². The molecule has 1 rings (SSSR count). The average Bonchev–Trinajstić information content (AvgIpc) is 3.11. The lowest BCUT2D eigenvalue weighted by atomic mass is 9.99. The molecule has 50 heavy (non-hydrogen) atoms. The lowest BCUT2D eigenvalue weighted by molar-refractivity contribution is -0.302. The highest BCUT2D eigenvalue weighted by atomic mass is 16.7. The lowest BCUT2D eigenvalue weighted by Gasteiger charge is -2.40. The van der Waals surface area contributed by atoms with Crippen molar-refractivity contribution in [3.63, 3.8) is 0 Å². The number of amides is 1. The first-order valence-electron chi connectivity index (χ1n) is 20.2. The van der Waals surface area contributed by atoms with Gasteiger partial charge in [-0.3, -0.25) is 4.79 Å². The summed E-state index contributed by atoms with van der Waals surface area (Å²) in [4.78, 5) is 12.9. The van der Waals surface area contributed by atoms with Gasteiger partial charge in [-0.25, -0.2) is 0 Å². The molecule has 10 nitrogen and oxygen atoms in total. The zero-order valence-electron chi connectivity index (χ0n) is 31.5. The van der Waals surface area contributed by atoms with Gasteiger partial charge in [-0.1, -0.05) is 154 Å². The Balaban J connectivity index is 2.54. The highest BCUT2D eigenvalue weighted by Gasteiger charge is 2.44. The second-order valence-electron chi connectivity index (χ2n) is 14.2. The van der Waals surface area contributed by atoms with Gasteiger partial charge in [-0.05, 0) is 32.1 Å². The number of hydrogen-bond acceptors (Lipinski definition) is 9. The summed E-state index contributed by atoms with van der Waals surface area (Å²) in [5.74, 6) is -0.628. The van der Waals surface area contributed by atoms with Gasteiger partial charge in [-0.15, -0.1) is 0 Å². The quantitative estimate of drug-likeness (QED) is 0.0320. The van der Waals surface area contributed by atoms with Crippen molar-refractivity contribution in [3.8, 4) is 0 Å². The first kappa shape index (κ1) is 46.7. The molecule has 10 heteroatoms. The predicted molar refractivity (Wildman–Crippen MR) is 199 cm³/mol. The topological polar surface area (TPSA) is 169 Å². The van der Waals surface area contributed by atoms with E-state index in [-0.39, 0.29) is 6.61 Å². The fraction of sp³-hybridized carbons (Fsp3) is 0.875. The van der Waals surface area contributed by atoms with E-state index >= 15 is 0 Å². The SMILES string of the molecule is CCCCCCCCC/C=C\CC/C=C\C(O)C(COC1OC(CO)C(O)C(O)C1O)NC(=O)C(O)CCCCCCCCCCCCCC. The highest BCUT2D eigenvalue weighted by molar-refractivity contribution is 5.80. The molecular formula is C40H75NO9. The number of aliphatic hydroxyl groups is 6. The lowest BCUT2D eigenvalue weighted by Crippen LogP contribution is -2.60. The van der Waals surface area contributed by atoms with Gasteiger partial charge in [0.25, 0.3) is 0 Å². The van der Waals surface area contributed by atoms with Crippen molar-refractivity contribution in [2.45, 2.75) is 210 Å². The van der Waals surface area contributed by atoms with E-state index in [0.717, 1.165) is 32.1 Å². The Bertz CT molecular complexity index is 855. The number of carbonyl (C=O) groups excluding carboxylic acids is 1. The van der Waals surface area contributed by atoms with Crippen molar-refractivity contribution in [3.05, 3.63) is 24.3 Å². The van der Waals surface area contributed by atoms with Crippen LogP contribution in [0.1, 0.15) is 162 Å². The first-order valence-corrected chi connectivity index (χ1v) is 20.2. The van der Waals surface area contributed by atoms with Gasteiger partial charge in [0.15, 0.2) is 6.29 Å². The molecule has 1 amide bonds. The van der Waals surface area contributed by atoms with E-state index in [1.54, 1.807) is 6.08 Å². The third-order valence-corrected chi connectivity index (χ3v) is 9.64. The minimum atomic E-state index is -1.61.